The molecule has 0 saturated carbocycles. The molecule has 470 valence electrons. The molecule has 0 aromatic heterocycles. The molecule has 0 bridgehead atoms. The predicted octanol–water partition coefficient (Wildman–Crippen LogP) is 22.8. The smallest absolute Gasteiger partial charge is 0.104 e. The lowest BCUT2D eigenvalue weighted by atomic mass is 10.0. The van der Waals surface area contributed by atoms with Crippen molar-refractivity contribution in [1.82, 2.24) is 0 Å². The van der Waals surface area contributed by atoms with E-state index in [1.165, 1.54) is 316 Å². The van der Waals surface area contributed by atoms with Gasteiger partial charge in [-0.25, -0.2) is 0 Å². The van der Waals surface area contributed by atoms with Gasteiger partial charge >= 0.3 is 0 Å². The standard InChI is InChI=1S/C78H142N4/c1-11-15-19-23-27-31-35-39-43-47-63-79(5,6)67-73-51-55-75(56-52-73)69-81(9,65-49-45-41-37-33-29-25-21-17-13-3)71-77-59-61-78(62-60-77)72-82(10,66-50-46-42-38-34-30-26-22-18-14-4)70-76-57-53-74(54-58-76)68-80(7,8)64-48-44-40-36-32-28-24-20-16-12-2/h51-62H,11-50,63-72H2,1-10H3/q+4. The molecule has 0 heterocycles. The number of quaternary nitrogens is 4. The van der Waals surface area contributed by atoms with Gasteiger partial charge in [-0.1, -0.05) is 306 Å². The van der Waals surface area contributed by atoms with E-state index in [2.05, 4.69) is 143 Å². The Kier molecular flexibility index (Phi) is 41.2. The van der Waals surface area contributed by atoms with Gasteiger partial charge in [0.25, 0.3) is 0 Å². The summed E-state index contributed by atoms with van der Waals surface area (Å²) in [5.41, 5.74) is 8.96. The zero-order chi connectivity index (χ0) is 59.3. The molecule has 0 fully saturated rings. The average molecular weight is 1140 g/mol. The Morgan fingerprint density at radius 2 is 0.329 bits per heavy atom. The second kappa shape index (κ2) is 45.8. The van der Waals surface area contributed by atoms with Gasteiger partial charge in [-0.3, -0.25) is 0 Å². The molecule has 0 amide bonds. The summed E-state index contributed by atoms with van der Waals surface area (Å²) in [5.74, 6) is 0. The Bertz CT molecular complexity index is 1760. The molecule has 4 heteroatoms. The molecule has 3 rings (SSSR count). The van der Waals surface area contributed by atoms with Crippen molar-refractivity contribution in [3.05, 3.63) is 106 Å². The third-order valence-electron chi connectivity index (χ3n) is 18.9. The fraction of sp³-hybridized carbons (Fsp3) is 0.769. The lowest BCUT2D eigenvalue weighted by molar-refractivity contribution is -0.936. The Labute approximate surface area is 513 Å². The molecule has 82 heavy (non-hydrogen) atoms. The Morgan fingerprint density at radius 1 is 0.183 bits per heavy atom. The number of nitrogens with zero attached hydrogens (tertiary/aromatic N) is 4. The number of benzene rings is 3. The van der Waals surface area contributed by atoms with Crippen molar-refractivity contribution in [3.63, 3.8) is 0 Å². The maximum absolute atomic E-state index is 2.56. The van der Waals surface area contributed by atoms with Gasteiger partial charge in [0.05, 0.1) is 68.5 Å². The third-order valence-corrected chi connectivity index (χ3v) is 18.9. The van der Waals surface area contributed by atoms with E-state index >= 15 is 0 Å². The molecule has 0 aliphatic carbocycles. The highest BCUT2D eigenvalue weighted by molar-refractivity contribution is 5.24. The van der Waals surface area contributed by atoms with Crippen LogP contribution in [0.5, 0.6) is 0 Å². The van der Waals surface area contributed by atoms with E-state index < -0.39 is 0 Å². The topological polar surface area (TPSA) is 0 Å². The van der Waals surface area contributed by atoms with Crippen LogP contribution in [0.2, 0.25) is 0 Å². The lowest BCUT2D eigenvalue weighted by Gasteiger charge is -2.36. The first kappa shape index (κ1) is 73.8. The Morgan fingerprint density at radius 3 is 0.512 bits per heavy atom. The van der Waals surface area contributed by atoms with E-state index in [0.717, 1.165) is 57.2 Å². The van der Waals surface area contributed by atoms with Crippen LogP contribution in [-0.2, 0) is 39.3 Å². The minimum Gasteiger partial charge on any atom is -0.325 e. The molecule has 0 radical (unpaired) electrons. The molecule has 0 spiro atoms. The summed E-state index contributed by atoms with van der Waals surface area (Å²) < 4.78 is 4.32. The number of hydrogen-bond donors (Lipinski definition) is 0. The molecule has 4 nitrogen and oxygen atoms in total. The highest BCUT2D eigenvalue weighted by atomic mass is 15.3. The zero-order valence-electron chi connectivity index (χ0n) is 57.1. The quantitative estimate of drug-likeness (QED) is 0.0390. The summed E-state index contributed by atoms with van der Waals surface area (Å²) in [5, 5.41) is 0. The van der Waals surface area contributed by atoms with Gasteiger partial charge in [-0.15, -0.1) is 0 Å². The SMILES string of the molecule is CCCCCCCCCCCC[N+](C)(C)Cc1ccc(C[N+](C)(CCCCCCCCCCCC)Cc2ccc(C[N+](C)(CCCCCCCCCCCC)Cc3ccc(C[N+](C)(C)CCCCCCCCCCCC)cc3)cc2)cc1. The van der Waals surface area contributed by atoms with Crippen LogP contribution in [0.15, 0.2) is 72.8 Å². The first-order valence-corrected chi connectivity index (χ1v) is 36.3. The summed E-state index contributed by atoms with van der Waals surface area (Å²) in [6.07, 6.45) is 56.0. The first-order valence-electron chi connectivity index (χ1n) is 36.3. The van der Waals surface area contributed by atoms with E-state index in [4.69, 9.17) is 0 Å². The molecule has 3 aromatic carbocycles. The van der Waals surface area contributed by atoms with Crippen molar-refractivity contribution in [2.45, 2.75) is 324 Å². The van der Waals surface area contributed by atoms with Crippen LogP contribution < -0.4 is 0 Å². The predicted molar refractivity (Wildman–Crippen MR) is 365 cm³/mol. The third kappa shape index (κ3) is 37.8. The van der Waals surface area contributed by atoms with Gasteiger partial charge in [0.2, 0.25) is 0 Å². The minimum absolute atomic E-state index is 1.08. The highest BCUT2D eigenvalue weighted by Crippen LogP contribution is 2.26. The van der Waals surface area contributed by atoms with Gasteiger partial charge in [0, 0.05) is 33.4 Å². The molecule has 2 atom stereocenters. The summed E-state index contributed by atoms with van der Waals surface area (Å²) in [6, 6.07) is 29.8. The maximum Gasteiger partial charge on any atom is 0.104 e. The van der Waals surface area contributed by atoms with Crippen LogP contribution in [0.25, 0.3) is 0 Å². The molecular weight excluding hydrogens is 993 g/mol. The van der Waals surface area contributed by atoms with Crippen LogP contribution in [0.3, 0.4) is 0 Å². The van der Waals surface area contributed by atoms with Crippen molar-refractivity contribution in [1.29, 1.82) is 0 Å². The van der Waals surface area contributed by atoms with Crippen LogP contribution in [0.1, 0.15) is 318 Å². The van der Waals surface area contributed by atoms with Crippen molar-refractivity contribution >= 4 is 0 Å². The number of hydrogen-bond acceptors (Lipinski definition) is 0. The van der Waals surface area contributed by atoms with E-state index in [1.807, 2.05) is 0 Å². The minimum atomic E-state index is 1.08. The van der Waals surface area contributed by atoms with Crippen LogP contribution in [-0.4, -0.2) is 86.4 Å². The Balaban J connectivity index is 1.66. The normalized spacial score (nSPS) is 13.7. The highest BCUT2D eigenvalue weighted by Gasteiger charge is 2.26. The van der Waals surface area contributed by atoms with Crippen molar-refractivity contribution in [2.75, 3.05) is 68.5 Å². The molecule has 2 unspecified atom stereocenters. The molecule has 0 aliphatic rings. The summed E-state index contributed by atoms with van der Waals surface area (Å²) >= 11 is 0. The van der Waals surface area contributed by atoms with E-state index in [0.29, 0.717) is 0 Å². The van der Waals surface area contributed by atoms with Gasteiger partial charge in [-0.2, -0.15) is 0 Å². The van der Waals surface area contributed by atoms with Crippen LogP contribution >= 0.6 is 0 Å². The lowest BCUT2D eigenvalue weighted by Crippen LogP contribution is -2.43. The van der Waals surface area contributed by atoms with E-state index in [-0.39, 0.29) is 0 Å². The first-order chi connectivity index (χ1) is 39.7. The summed E-state index contributed by atoms with van der Waals surface area (Å²) in [7, 11) is 14.9. The number of rotatable bonds is 56. The van der Waals surface area contributed by atoms with Crippen LogP contribution in [0.4, 0.5) is 0 Å². The molecule has 3 aromatic rings. The van der Waals surface area contributed by atoms with Gasteiger partial charge in [-0.05, 0) is 51.4 Å². The molecular formula is C78H142N4+4. The summed E-state index contributed by atoms with van der Waals surface area (Å²) in [6.45, 7) is 20.9. The average Bonchev–Trinajstić information content (AvgIpc) is 3.51. The number of unbranched alkanes of at least 4 members (excludes halogenated alkanes) is 36. The maximum atomic E-state index is 2.56. The van der Waals surface area contributed by atoms with Gasteiger partial charge < -0.3 is 17.9 Å². The molecule has 0 saturated heterocycles. The molecule has 0 aliphatic heterocycles. The van der Waals surface area contributed by atoms with Crippen molar-refractivity contribution < 1.29 is 17.9 Å². The monoisotopic (exact) mass is 1140 g/mol. The summed E-state index contributed by atoms with van der Waals surface area (Å²) in [4.78, 5) is 0. The largest absolute Gasteiger partial charge is 0.325 e. The van der Waals surface area contributed by atoms with Crippen LogP contribution in [0, 0.1) is 0 Å². The van der Waals surface area contributed by atoms with E-state index in [9.17, 15) is 0 Å². The second-order valence-electron chi connectivity index (χ2n) is 29.1. The van der Waals surface area contributed by atoms with E-state index in [1.54, 1.807) is 0 Å². The second-order valence-corrected chi connectivity index (χ2v) is 29.1. The fourth-order valence-corrected chi connectivity index (χ4v) is 13.6. The van der Waals surface area contributed by atoms with Crippen molar-refractivity contribution in [3.8, 4) is 0 Å². The zero-order valence-corrected chi connectivity index (χ0v) is 57.1. The van der Waals surface area contributed by atoms with Crippen molar-refractivity contribution in [2.24, 2.45) is 0 Å². The Hall–Kier alpha value is -2.50. The fourth-order valence-electron chi connectivity index (χ4n) is 13.6. The molecule has 0 N–H and O–H groups in total. The van der Waals surface area contributed by atoms with Gasteiger partial charge in [0.1, 0.15) is 39.3 Å². The van der Waals surface area contributed by atoms with Gasteiger partial charge in [0.15, 0.2) is 0 Å².